The summed E-state index contributed by atoms with van der Waals surface area (Å²) in [4.78, 5) is 22.8. The van der Waals surface area contributed by atoms with Crippen molar-refractivity contribution < 1.29 is 24.2 Å². The maximum atomic E-state index is 11.8. The van der Waals surface area contributed by atoms with Gasteiger partial charge in [0.2, 0.25) is 5.91 Å². The SMILES string of the molecule is CC(OCC1CCCO1)C(=O)N[C@@H](C(=O)O)C(C)C. The molecule has 0 aliphatic carbocycles. The highest BCUT2D eigenvalue weighted by Crippen LogP contribution is 2.13. The average Bonchev–Trinajstić information content (AvgIpc) is 2.84. The van der Waals surface area contributed by atoms with Gasteiger partial charge in [-0.2, -0.15) is 0 Å². The zero-order valence-electron chi connectivity index (χ0n) is 11.7. The van der Waals surface area contributed by atoms with Gasteiger partial charge in [0.25, 0.3) is 0 Å². The number of ether oxygens (including phenoxy) is 2. The molecule has 6 heteroatoms. The Bertz CT molecular complexity index is 312. The molecule has 1 fully saturated rings. The fraction of sp³-hybridized carbons (Fsp3) is 0.846. The molecule has 0 radical (unpaired) electrons. The monoisotopic (exact) mass is 273 g/mol. The molecule has 110 valence electrons. The summed E-state index contributed by atoms with van der Waals surface area (Å²) in [6, 6.07) is -0.888. The maximum absolute atomic E-state index is 11.8. The first-order valence-corrected chi connectivity index (χ1v) is 6.68. The van der Waals surface area contributed by atoms with Gasteiger partial charge < -0.3 is 19.9 Å². The number of aliphatic carboxylic acids is 1. The van der Waals surface area contributed by atoms with Gasteiger partial charge in [0, 0.05) is 6.61 Å². The molecule has 1 aliphatic rings. The average molecular weight is 273 g/mol. The van der Waals surface area contributed by atoms with E-state index in [-0.39, 0.29) is 12.0 Å². The number of rotatable bonds is 7. The van der Waals surface area contributed by atoms with Crippen molar-refractivity contribution in [2.75, 3.05) is 13.2 Å². The molecule has 0 spiro atoms. The minimum atomic E-state index is -1.03. The van der Waals surface area contributed by atoms with Gasteiger partial charge in [-0.3, -0.25) is 4.79 Å². The van der Waals surface area contributed by atoms with Crippen LogP contribution in [-0.4, -0.2) is 48.4 Å². The largest absolute Gasteiger partial charge is 0.480 e. The lowest BCUT2D eigenvalue weighted by Gasteiger charge is -2.21. The second kappa shape index (κ2) is 7.45. The van der Waals surface area contributed by atoms with E-state index in [1.54, 1.807) is 20.8 Å². The third kappa shape index (κ3) is 5.16. The summed E-state index contributed by atoms with van der Waals surface area (Å²) in [5.74, 6) is -1.61. The van der Waals surface area contributed by atoms with Crippen LogP contribution in [0.25, 0.3) is 0 Å². The quantitative estimate of drug-likeness (QED) is 0.716. The van der Waals surface area contributed by atoms with E-state index >= 15 is 0 Å². The molecule has 0 aromatic heterocycles. The van der Waals surface area contributed by atoms with Crippen LogP contribution in [0.3, 0.4) is 0 Å². The number of carboxylic acid groups (broad SMARTS) is 1. The molecule has 1 saturated heterocycles. The van der Waals surface area contributed by atoms with Crippen molar-refractivity contribution in [3.05, 3.63) is 0 Å². The van der Waals surface area contributed by atoms with Crippen LogP contribution in [0, 0.1) is 5.92 Å². The molecule has 1 heterocycles. The normalized spacial score (nSPS) is 22.2. The number of carbonyl (C=O) groups excluding carboxylic acids is 1. The number of amides is 1. The second-order valence-corrected chi connectivity index (χ2v) is 5.18. The summed E-state index contributed by atoms with van der Waals surface area (Å²) < 4.78 is 10.8. The number of hydrogen-bond donors (Lipinski definition) is 2. The first kappa shape index (κ1) is 15.9. The van der Waals surface area contributed by atoms with Gasteiger partial charge in [0.15, 0.2) is 0 Å². The summed E-state index contributed by atoms with van der Waals surface area (Å²) in [6.07, 6.45) is 1.33. The number of carboxylic acids is 1. The van der Waals surface area contributed by atoms with Gasteiger partial charge in [-0.25, -0.2) is 4.79 Å². The Morgan fingerprint density at radius 1 is 1.42 bits per heavy atom. The minimum Gasteiger partial charge on any atom is -0.480 e. The zero-order valence-corrected chi connectivity index (χ0v) is 11.7. The van der Waals surface area contributed by atoms with E-state index in [0.29, 0.717) is 6.61 Å². The van der Waals surface area contributed by atoms with Gasteiger partial charge in [-0.15, -0.1) is 0 Å². The van der Waals surface area contributed by atoms with Crippen LogP contribution < -0.4 is 5.32 Å². The Morgan fingerprint density at radius 3 is 2.58 bits per heavy atom. The summed E-state index contributed by atoms with van der Waals surface area (Å²) in [6.45, 7) is 6.22. The first-order valence-electron chi connectivity index (χ1n) is 6.68. The predicted octanol–water partition coefficient (Wildman–Crippen LogP) is 0.796. The molecule has 2 unspecified atom stereocenters. The second-order valence-electron chi connectivity index (χ2n) is 5.18. The standard InChI is InChI=1S/C13H23NO5/c1-8(2)11(13(16)17)14-12(15)9(3)19-7-10-5-4-6-18-10/h8-11H,4-7H2,1-3H3,(H,14,15)(H,16,17)/t9?,10?,11-/m1/s1. The first-order chi connectivity index (χ1) is 8.91. The van der Waals surface area contributed by atoms with Gasteiger partial charge in [-0.05, 0) is 25.7 Å². The number of nitrogens with one attached hydrogen (secondary N) is 1. The summed E-state index contributed by atoms with van der Waals surface area (Å²) in [5.41, 5.74) is 0. The van der Waals surface area contributed by atoms with E-state index in [1.165, 1.54) is 0 Å². The van der Waals surface area contributed by atoms with Crippen molar-refractivity contribution >= 4 is 11.9 Å². The van der Waals surface area contributed by atoms with Crippen LogP contribution >= 0.6 is 0 Å². The zero-order chi connectivity index (χ0) is 14.4. The molecule has 1 aliphatic heterocycles. The molecule has 0 bridgehead atoms. The Morgan fingerprint density at radius 2 is 2.11 bits per heavy atom. The summed E-state index contributed by atoms with van der Waals surface area (Å²) >= 11 is 0. The van der Waals surface area contributed by atoms with E-state index < -0.39 is 24.0 Å². The van der Waals surface area contributed by atoms with E-state index in [2.05, 4.69) is 5.32 Å². The molecule has 2 N–H and O–H groups in total. The molecular weight excluding hydrogens is 250 g/mol. The Labute approximate surface area is 113 Å². The minimum absolute atomic E-state index is 0.0515. The van der Waals surface area contributed by atoms with Gasteiger partial charge >= 0.3 is 5.97 Å². The maximum Gasteiger partial charge on any atom is 0.326 e. The summed E-state index contributed by atoms with van der Waals surface area (Å²) in [7, 11) is 0. The van der Waals surface area contributed by atoms with Crippen molar-refractivity contribution in [3.8, 4) is 0 Å². The van der Waals surface area contributed by atoms with Crippen LogP contribution in [0.1, 0.15) is 33.6 Å². The van der Waals surface area contributed by atoms with Gasteiger partial charge in [0.05, 0.1) is 12.7 Å². The highest BCUT2D eigenvalue weighted by Gasteiger charge is 2.26. The van der Waals surface area contributed by atoms with Crippen LogP contribution in [0.4, 0.5) is 0 Å². The van der Waals surface area contributed by atoms with Crippen molar-refractivity contribution in [3.63, 3.8) is 0 Å². The molecule has 0 saturated carbocycles. The fourth-order valence-electron chi connectivity index (χ4n) is 1.89. The van der Waals surface area contributed by atoms with E-state index in [0.717, 1.165) is 19.4 Å². The predicted molar refractivity (Wildman–Crippen MR) is 68.8 cm³/mol. The topological polar surface area (TPSA) is 84.9 Å². The number of hydrogen-bond acceptors (Lipinski definition) is 4. The Hall–Kier alpha value is -1.14. The van der Waals surface area contributed by atoms with Crippen LogP contribution in [0.15, 0.2) is 0 Å². The van der Waals surface area contributed by atoms with Crippen molar-refractivity contribution in [2.24, 2.45) is 5.92 Å². The van der Waals surface area contributed by atoms with E-state index in [1.807, 2.05) is 0 Å². The molecule has 3 atom stereocenters. The smallest absolute Gasteiger partial charge is 0.326 e. The highest BCUT2D eigenvalue weighted by atomic mass is 16.5. The Kier molecular flexibility index (Phi) is 6.24. The lowest BCUT2D eigenvalue weighted by Crippen LogP contribution is -2.48. The highest BCUT2D eigenvalue weighted by molar-refractivity contribution is 5.86. The molecular formula is C13H23NO5. The molecule has 1 amide bonds. The van der Waals surface area contributed by atoms with Crippen LogP contribution in [-0.2, 0) is 19.1 Å². The molecule has 1 rings (SSSR count). The summed E-state index contributed by atoms with van der Waals surface area (Å²) in [5, 5.41) is 11.5. The van der Waals surface area contributed by atoms with Crippen LogP contribution in [0.5, 0.6) is 0 Å². The van der Waals surface area contributed by atoms with Crippen molar-refractivity contribution in [2.45, 2.75) is 51.9 Å². The lowest BCUT2D eigenvalue weighted by molar-refractivity contribution is -0.146. The number of carbonyl (C=O) groups is 2. The molecule has 19 heavy (non-hydrogen) atoms. The lowest BCUT2D eigenvalue weighted by atomic mass is 10.0. The Balaban J connectivity index is 2.36. The van der Waals surface area contributed by atoms with Gasteiger partial charge in [0.1, 0.15) is 12.1 Å². The molecule has 0 aromatic carbocycles. The van der Waals surface area contributed by atoms with Gasteiger partial charge in [-0.1, -0.05) is 13.8 Å². The fourth-order valence-corrected chi connectivity index (χ4v) is 1.89. The molecule has 0 aromatic rings. The van der Waals surface area contributed by atoms with E-state index in [4.69, 9.17) is 14.6 Å². The van der Waals surface area contributed by atoms with Crippen LogP contribution in [0.2, 0.25) is 0 Å². The van der Waals surface area contributed by atoms with Crippen molar-refractivity contribution in [1.82, 2.24) is 5.32 Å². The third-order valence-corrected chi connectivity index (χ3v) is 3.16. The molecule has 6 nitrogen and oxygen atoms in total. The third-order valence-electron chi connectivity index (χ3n) is 3.16. The van der Waals surface area contributed by atoms with E-state index in [9.17, 15) is 9.59 Å². The van der Waals surface area contributed by atoms with Crippen molar-refractivity contribution in [1.29, 1.82) is 0 Å².